The van der Waals surface area contributed by atoms with Crippen molar-refractivity contribution in [1.29, 1.82) is 0 Å². The van der Waals surface area contributed by atoms with E-state index in [-0.39, 0.29) is 12.2 Å². The van der Waals surface area contributed by atoms with Gasteiger partial charge in [0.25, 0.3) is 0 Å². The minimum atomic E-state index is 0.166. The molecule has 0 N–H and O–H groups in total. The second-order valence-corrected chi connectivity index (χ2v) is 5.54. The lowest BCUT2D eigenvalue weighted by Gasteiger charge is -2.40. The van der Waals surface area contributed by atoms with Crippen molar-refractivity contribution in [3.8, 4) is 0 Å². The number of alkyl halides is 1. The molecule has 88 valence electrons. The van der Waals surface area contributed by atoms with Gasteiger partial charge < -0.3 is 9.47 Å². The van der Waals surface area contributed by atoms with E-state index < -0.39 is 0 Å². The average Bonchev–Trinajstić information content (AvgIpc) is 2.24. The molecule has 0 bridgehead atoms. The Labute approximate surface area is 109 Å². The molecule has 16 heavy (non-hydrogen) atoms. The lowest BCUT2D eigenvalue weighted by Crippen LogP contribution is -2.50. The van der Waals surface area contributed by atoms with Crippen molar-refractivity contribution in [3.05, 3.63) is 34.9 Å². The van der Waals surface area contributed by atoms with E-state index in [9.17, 15) is 0 Å². The van der Waals surface area contributed by atoms with Gasteiger partial charge in [-0.2, -0.15) is 0 Å². The smallest absolute Gasteiger partial charge is 0.0958 e. The fourth-order valence-electron chi connectivity index (χ4n) is 1.82. The fourth-order valence-corrected chi connectivity index (χ4v) is 2.96. The van der Waals surface area contributed by atoms with Gasteiger partial charge in [-0.15, -0.1) is 0 Å². The summed E-state index contributed by atoms with van der Waals surface area (Å²) in [4.78, 5) is 0.418. The van der Waals surface area contributed by atoms with Gasteiger partial charge in [0.1, 0.15) is 0 Å². The molecule has 0 saturated heterocycles. The predicted molar refractivity (Wildman–Crippen MR) is 68.2 cm³/mol. The van der Waals surface area contributed by atoms with E-state index >= 15 is 0 Å². The topological polar surface area (TPSA) is 18.5 Å². The summed E-state index contributed by atoms with van der Waals surface area (Å²) in [5, 5.41) is 0.747. The molecule has 4 heteroatoms. The summed E-state index contributed by atoms with van der Waals surface area (Å²) in [7, 11) is 1.72. The van der Waals surface area contributed by atoms with Crippen LogP contribution in [0.3, 0.4) is 0 Å². The molecule has 1 saturated carbocycles. The number of rotatable bonds is 4. The molecule has 0 radical (unpaired) electrons. The number of benzene rings is 1. The zero-order valence-corrected chi connectivity index (χ0v) is 11.4. The van der Waals surface area contributed by atoms with Crippen LogP contribution in [0, 0.1) is 0 Å². The van der Waals surface area contributed by atoms with Gasteiger partial charge in [0.15, 0.2) is 0 Å². The summed E-state index contributed by atoms with van der Waals surface area (Å²) in [5.74, 6) is 0. The van der Waals surface area contributed by atoms with Crippen molar-refractivity contribution in [2.75, 3.05) is 7.11 Å². The van der Waals surface area contributed by atoms with Crippen molar-refractivity contribution in [3.63, 3.8) is 0 Å². The van der Waals surface area contributed by atoms with E-state index in [4.69, 9.17) is 21.1 Å². The average molecular weight is 306 g/mol. The Morgan fingerprint density at radius 1 is 1.50 bits per heavy atom. The van der Waals surface area contributed by atoms with E-state index in [2.05, 4.69) is 15.9 Å². The summed E-state index contributed by atoms with van der Waals surface area (Å²) in [6.45, 7) is 0.588. The minimum Gasteiger partial charge on any atom is -0.378 e. The summed E-state index contributed by atoms with van der Waals surface area (Å²) >= 11 is 9.44. The van der Waals surface area contributed by atoms with Crippen LogP contribution >= 0.6 is 27.5 Å². The van der Waals surface area contributed by atoms with Gasteiger partial charge in [0.05, 0.1) is 18.8 Å². The zero-order chi connectivity index (χ0) is 11.5. The van der Waals surface area contributed by atoms with Gasteiger partial charge in [-0.1, -0.05) is 39.7 Å². The first kappa shape index (κ1) is 12.4. The third kappa shape index (κ3) is 2.77. The van der Waals surface area contributed by atoms with Crippen LogP contribution in [0.25, 0.3) is 0 Å². The van der Waals surface area contributed by atoms with Crippen LogP contribution in [0.2, 0.25) is 5.02 Å². The lowest BCUT2D eigenvalue weighted by molar-refractivity contribution is -0.113. The maximum absolute atomic E-state index is 5.90. The molecule has 0 aromatic heterocycles. The zero-order valence-electron chi connectivity index (χ0n) is 9.03. The molecule has 3 atom stereocenters. The van der Waals surface area contributed by atoms with Gasteiger partial charge in [-0.25, -0.2) is 0 Å². The summed E-state index contributed by atoms with van der Waals surface area (Å²) in [6, 6.07) is 7.73. The maximum atomic E-state index is 5.90. The number of hydrogen-bond acceptors (Lipinski definition) is 2. The van der Waals surface area contributed by atoms with Crippen molar-refractivity contribution in [1.82, 2.24) is 0 Å². The first-order valence-electron chi connectivity index (χ1n) is 5.23. The second kappa shape index (κ2) is 5.50. The van der Waals surface area contributed by atoms with Crippen molar-refractivity contribution in [2.45, 2.75) is 30.1 Å². The third-order valence-corrected chi connectivity index (χ3v) is 3.94. The Balaban J connectivity index is 1.84. The first-order valence-corrected chi connectivity index (χ1v) is 6.53. The fraction of sp³-hybridized carbons (Fsp3) is 0.500. The molecule has 0 heterocycles. The van der Waals surface area contributed by atoms with Gasteiger partial charge in [-0.05, 0) is 24.1 Å². The third-order valence-electron chi connectivity index (χ3n) is 2.81. The lowest BCUT2D eigenvalue weighted by atomic mass is 9.91. The molecule has 0 amide bonds. The highest BCUT2D eigenvalue weighted by Crippen LogP contribution is 2.33. The van der Waals surface area contributed by atoms with Crippen LogP contribution in [0.4, 0.5) is 0 Å². The molecule has 2 rings (SSSR count). The summed E-state index contributed by atoms with van der Waals surface area (Å²) in [5.41, 5.74) is 1.10. The van der Waals surface area contributed by atoms with Gasteiger partial charge >= 0.3 is 0 Å². The Morgan fingerprint density at radius 3 is 2.94 bits per heavy atom. The van der Waals surface area contributed by atoms with Gasteiger partial charge in [0.2, 0.25) is 0 Å². The number of methoxy groups -OCH3 is 1. The normalized spacial score (nSPS) is 28.8. The highest BCUT2D eigenvalue weighted by atomic mass is 79.9. The van der Waals surface area contributed by atoms with E-state index in [1.807, 2.05) is 24.3 Å². The van der Waals surface area contributed by atoms with Crippen LogP contribution in [0.5, 0.6) is 0 Å². The molecule has 1 aromatic carbocycles. The molecule has 1 aliphatic carbocycles. The monoisotopic (exact) mass is 304 g/mol. The van der Waals surface area contributed by atoms with Crippen molar-refractivity contribution < 1.29 is 9.47 Å². The van der Waals surface area contributed by atoms with Crippen molar-refractivity contribution in [2.24, 2.45) is 0 Å². The van der Waals surface area contributed by atoms with Crippen LogP contribution in [-0.4, -0.2) is 24.1 Å². The largest absolute Gasteiger partial charge is 0.378 e. The van der Waals surface area contributed by atoms with Crippen LogP contribution in [0.15, 0.2) is 24.3 Å². The molecule has 2 nitrogen and oxygen atoms in total. The molecule has 3 unspecified atom stereocenters. The van der Waals surface area contributed by atoms with Crippen LogP contribution in [0.1, 0.15) is 12.0 Å². The Morgan fingerprint density at radius 2 is 2.31 bits per heavy atom. The molecule has 1 fully saturated rings. The molecule has 0 spiro atoms. The van der Waals surface area contributed by atoms with E-state index in [1.165, 1.54) is 0 Å². The summed E-state index contributed by atoms with van der Waals surface area (Å²) < 4.78 is 11.1. The quantitative estimate of drug-likeness (QED) is 0.794. The molecule has 1 aromatic rings. The minimum absolute atomic E-state index is 0.166. The maximum Gasteiger partial charge on any atom is 0.0958 e. The molecule has 0 aliphatic heterocycles. The van der Waals surface area contributed by atoms with E-state index in [0.717, 1.165) is 17.0 Å². The SMILES string of the molecule is COC1C(Br)CC1OCc1cccc(Cl)c1. The van der Waals surface area contributed by atoms with E-state index in [1.54, 1.807) is 7.11 Å². The molecular weight excluding hydrogens is 291 g/mol. The first-order chi connectivity index (χ1) is 7.70. The molecule has 1 aliphatic rings. The van der Waals surface area contributed by atoms with Crippen LogP contribution < -0.4 is 0 Å². The Bertz CT molecular complexity index is 359. The van der Waals surface area contributed by atoms with E-state index in [0.29, 0.717) is 11.4 Å². The Kier molecular flexibility index (Phi) is 4.25. The van der Waals surface area contributed by atoms with Gasteiger partial charge in [-0.3, -0.25) is 0 Å². The molecular formula is C12H14BrClO2. The van der Waals surface area contributed by atoms with Crippen LogP contribution in [-0.2, 0) is 16.1 Å². The highest BCUT2D eigenvalue weighted by Gasteiger charge is 2.40. The number of hydrogen-bond donors (Lipinski definition) is 0. The summed E-state index contributed by atoms with van der Waals surface area (Å²) in [6.07, 6.45) is 1.35. The standard InChI is InChI=1S/C12H14BrClO2/c1-15-12-10(13)6-11(12)16-7-8-3-2-4-9(14)5-8/h2-5,10-12H,6-7H2,1H3. The Hall–Kier alpha value is -0.0900. The van der Waals surface area contributed by atoms with Gasteiger partial charge in [0, 0.05) is 17.0 Å². The predicted octanol–water partition coefficient (Wildman–Crippen LogP) is 3.41. The second-order valence-electron chi connectivity index (χ2n) is 3.93. The highest BCUT2D eigenvalue weighted by molar-refractivity contribution is 9.09. The number of ether oxygens (including phenoxy) is 2. The van der Waals surface area contributed by atoms with Crippen molar-refractivity contribution >= 4 is 27.5 Å². The number of halogens is 2.